The third-order valence-electron chi connectivity index (χ3n) is 5.26. The molecule has 0 N–H and O–H groups in total. The van der Waals surface area contributed by atoms with E-state index in [9.17, 15) is 13.2 Å². The largest absolute Gasteiger partial charge is 0.316 e. The molecular weight excluding hydrogens is 362 g/mol. The molecule has 1 amide bonds. The molecule has 0 aromatic heterocycles. The number of nitrogens with zero attached hydrogens (tertiary/aromatic N) is 3. The van der Waals surface area contributed by atoms with E-state index in [0.29, 0.717) is 39.3 Å². The summed E-state index contributed by atoms with van der Waals surface area (Å²) in [7, 11) is -3.32. The minimum absolute atomic E-state index is 0.0323. The predicted molar refractivity (Wildman–Crippen MR) is 106 cm³/mol. The van der Waals surface area contributed by atoms with Crippen molar-refractivity contribution in [1.82, 2.24) is 14.1 Å². The van der Waals surface area contributed by atoms with Gasteiger partial charge in [-0.1, -0.05) is 36.4 Å². The van der Waals surface area contributed by atoms with Gasteiger partial charge in [-0.2, -0.15) is 4.31 Å². The number of allylic oxidation sites excluding steroid dienone is 2. The number of hydrogen-bond acceptors (Lipinski definition) is 4. The highest BCUT2D eigenvalue weighted by Gasteiger charge is 2.29. The number of carbonyl (C=O) groups is 1. The highest BCUT2D eigenvalue weighted by molar-refractivity contribution is 7.88. The van der Waals surface area contributed by atoms with E-state index >= 15 is 0 Å². The summed E-state index contributed by atoms with van der Waals surface area (Å²) in [4.78, 5) is 16.6. The summed E-state index contributed by atoms with van der Waals surface area (Å²) < 4.78 is 26.8. The van der Waals surface area contributed by atoms with Crippen LogP contribution < -0.4 is 0 Å². The topological polar surface area (TPSA) is 60.9 Å². The van der Waals surface area contributed by atoms with Crippen LogP contribution in [0.2, 0.25) is 0 Å². The van der Waals surface area contributed by atoms with E-state index < -0.39 is 10.0 Å². The van der Waals surface area contributed by atoms with Crippen molar-refractivity contribution < 1.29 is 13.2 Å². The fourth-order valence-electron chi connectivity index (χ4n) is 3.76. The van der Waals surface area contributed by atoms with Crippen LogP contribution in [-0.2, 0) is 20.6 Å². The lowest BCUT2D eigenvalue weighted by Crippen LogP contribution is -2.51. The van der Waals surface area contributed by atoms with Crippen LogP contribution in [0.4, 0.5) is 0 Å². The summed E-state index contributed by atoms with van der Waals surface area (Å²) in [6.07, 6.45) is 5.31. The van der Waals surface area contributed by atoms with Crippen LogP contribution in [0.1, 0.15) is 31.7 Å². The van der Waals surface area contributed by atoms with E-state index in [0.717, 1.165) is 30.5 Å². The molecule has 0 saturated carbocycles. The highest BCUT2D eigenvalue weighted by atomic mass is 32.2. The Morgan fingerprint density at radius 1 is 1.11 bits per heavy atom. The number of carbonyl (C=O) groups excluding carboxylic acids is 1. The lowest BCUT2D eigenvalue weighted by molar-refractivity contribution is -0.130. The summed E-state index contributed by atoms with van der Waals surface area (Å²) >= 11 is 0. The van der Waals surface area contributed by atoms with Gasteiger partial charge in [-0.05, 0) is 31.7 Å². The summed E-state index contributed by atoms with van der Waals surface area (Å²) in [5.74, 6) is 0.149. The van der Waals surface area contributed by atoms with Crippen molar-refractivity contribution in [3.8, 4) is 0 Å². The molecule has 0 spiro atoms. The smallest absolute Gasteiger partial charge is 0.240 e. The molecule has 1 heterocycles. The lowest BCUT2D eigenvalue weighted by atomic mass is 10.2. The number of benzene rings is 1. The van der Waals surface area contributed by atoms with E-state index in [1.807, 2.05) is 42.2 Å². The van der Waals surface area contributed by atoms with E-state index in [-0.39, 0.29) is 11.7 Å². The molecule has 6 nitrogen and oxygen atoms in total. The van der Waals surface area contributed by atoms with Crippen LogP contribution in [0.25, 0.3) is 0 Å². The fraction of sp³-hybridized carbons (Fsp3) is 0.550. The third kappa shape index (κ3) is 5.18. The average Bonchev–Trinajstić information content (AvgIpc) is 3.17. The molecule has 1 aliphatic carbocycles. The molecule has 148 valence electrons. The maximum Gasteiger partial charge on any atom is 0.240 e. The second-order valence-corrected chi connectivity index (χ2v) is 9.11. The lowest BCUT2D eigenvalue weighted by Gasteiger charge is -2.34. The molecule has 3 rings (SSSR count). The summed E-state index contributed by atoms with van der Waals surface area (Å²) in [5, 5.41) is 0. The fourth-order valence-corrected chi connectivity index (χ4v) is 5.27. The first-order valence-corrected chi connectivity index (χ1v) is 11.3. The van der Waals surface area contributed by atoms with Crippen molar-refractivity contribution in [2.75, 3.05) is 39.3 Å². The zero-order valence-corrected chi connectivity index (χ0v) is 16.8. The van der Waals surface area contributed by atoms with Gasteiger partial charge in [0.2, 0.25) is 15.9 Å². The molecule has 2 aliphatic rings. The number of sulfonamides is 1. The molecule has 0 bridgehead atoms. The Kier molecular flexibility index (Phi) is 6.68. The number of likely N-dealkylation sites (N-methyl/N-ethyl adjacent to an activating group) is 1. The van der Waals surface area contributed by atoms with Gasteiger partial charge in [0.05, 0.1) is 12.3 Å². The van der Waals surface area contributed by atoms with Gasteiger partial charge < -0.3 is 4.90 Å². The van der Waals surface area contributed by atoms with Crippen molar-refractivity contribution in [1.29, 1.82) is 0 Å². The zero-order chi connectivity index (χ0) is 19.3. The zero-order valence-electron chi connectivity index (χ0n) is 16.0. The molecule has 0 unspecified atom stereocenters. The molecule has 1 aromatic carbocycles. The maximum absolute atomic E-state index is 12.7. The molecule has 1 aromatic rings. The van der Waals surface area contributed by atoms with Crippen LogP contribution >= 0.6 is 0 Å². The van der Waals surface area contributed by atoms with Crippen LogP contribution in [0.15, 0.2) is 42.1 Å². The summed E-state index contributed by atoms with van der Waals surface area (Å²) in [6.45, 7) is 5.13. The number of hydrogen-bond donors (Lipinski definition) is 0. The minimum atomic E-state index is -3.32. The molecule has 0 atom stereocenters. The first kappa shape index (κ1) is 20.0. The second-order valence-electron chi connectivity index (χ2n) is 7.14. The van der Waals surface area contributed by atoms with E-state index in [1.165, 1.54) is 0 Å². The Hall–Kier alpha value is -1.70. The van der Waals surface area contributed by atoms with Crippen LogP contribution in [0, 0.1) is 0 Å². The Bertz CT molecular complexity index is 769. The summed E-state index contributed by atoms with van der Waals surface area (Å²) in [5.41, 5.74) is 1.95. The van der Waals surface area contributed by atoms with Crippen molar-refractivity contribution in [3.05, 3.63) is 47.7 Å². The first-order valence-electron chi connectivity index (χ1n) is 9.73. The van der Waals surface area contributed by atoms with Crippen molar-refractivity contribution in [2.24, 2.45) is 0 Å². The molecule has 1 fully saturated rings. The van der Waals surface area contributed by atoms with Crippen LogP contribution in [0.5, 0.6) is 0 Å². The molecule has 1 saturated heterocycles. The van der Waals surface area contributed by atoms with Crippen LogP contribution in [0.3, 0.4) is 0 Å². The molecule has 1 aliphatic heterocycles. The van der Waals surface area contributed by atoms with Gasteiger partial charge in [0, 0.05) is 38.4 Å². The quantitative estimate of drug-likeness (QED) is 0.714. The van der Waals surface area contributed by atoms with Gasteiger partial charge in [-0.15, -0.1) is 0 Å². The first-order chi connectivity index (χ1) is 13.0. The van der Waals surface area contributed by atoms with E-state index in [1.54, 1.807) is 4.31 Å². The average molecular weight is 392 g/mol. The standard InChI is InChI=1S/C20H29N3O3S/c1-2-23(19-10-6-7-11-19)20(24)16-21-12-14-22(15-13-21)27(25,26)17-18-8-4-3-5-9-18/h3-5,8-10H,2,6-7,11-17H2,1H3. The number of rotatable bonds is 7. The van der Waals surface area contributed by atoms with Gasteiger partial charge in [0.15, 0.2) is 0 Å². The van der Waals surface area contributed by atoms with Gasteiger partial charge in [-0.3, -0.25) is 9.69 Å². The SMILES string of the molecule is CCN(C(=O)CN1CCN(S(=O)(=O)Cc2ccccc2)CC1)C1=CCCC1. The van der Waals surface area contributed by atoms with Gasteiger partial charge in [0.25, 0.3) is 0 Å². The number of piperazine rings is 1. The van der Waals surface area contributed by atoms with Gasteiger partial charge in [0.1, 0.15) is 0 Å². The third-order valence-corrected chi connectivity index (χ3v) is 7.11. The Labute approximate surface area is 162 Å². The Morgan fingerprint density at radius 2 is 1.81 bits per heavy atom. The maximum atomic E-state index is 12.7. The molecular formula is C20H29N3O3S. The minimum Gasteiger partial charge on any atom is -0.316 e. The van der Waals surface area contributed by atoms with Gasteiger partial charge in [-0.25, -0.2) is 8.42 Å². The monoisotopic (exact) mass is 391 g/mol. The van der Waals surface area contributed by atoms with Gasteiger partial charge >= 0.3 is 0 Å². The van der Waals surface area contributed by atoms with E-state index in [4.69, 9.17) is 0 Å². The predicted octanol–water partition coefficient (Wildman–Crippen LogP) is 2.05. The van der Waals surface area contributed by atoms with E-state index in [2.05, 4.69) is 11.0 Å². The van der Waals surface area contributed by atoms with Crippen LogP contribution in [-0.4, -0.2) is 67.7 Å². The molecule has 7 heteroatoms. The molecule has 0 radical (unpaired) electrons. The summed E-state index contributed by atoms with van der Waals surface area (Å²) in [6, 6.07) is 9.27. The van der Waals surface area contributed by atoms with Crippen molar-refractivity contribution in [2.45, 2.75) is 31.9 Å². The Balaban J connectivity index is 1.51. The second kappa shape index (κ2) is 8.99. The molecule has 27 heavy (non-hydrogen) atoms. The normalized spacial score (nSPS) is 19.1. The van der Waals surface area contributed by atoms with Crippen molar-refractivity contribution in [3.63, 3.8) is 0 Å². The number of amides is 1. The highest BCUT2D eigenvalue weighted by Crippen LogP contribution is 2.22. The Morgan fingerprint density at radius 3 is 2.41 bits per heavy atom. The van der Waals surface area contributed by atoms with Crippen molar-refractivity contribution >= 4 is 15.9 Å².